The van der Waals surface area contributed by atoms with Crippen LogP contribution in [-0.4, -0.2) is 67.2 Å². The van der Waals surface area contributed by atoms with E-state index in [-0.39, 0.29) is 25.0 Å². The molecule has 1 aromatic rings. The van der Waals surface area contributed by atoms with Gasteiger partial charge in [-0.25, -0.2) is 12.7 Å². The molecule has 1 aliphatic rings. The van der Waals surface area contributed by atoms with E-state index >= 15 is 0 Å². The smallest absolute Gasteiger partial charge is 0.317 e. The lowest BCUT2D eigenvalue weighted by Gasteiger charge is -2.37. The topological polar surface area (TPSA) is 77.9 Å². The molecule has 0 spiro atoms. The van der Waals surface area contributed by atoms with Crippen molar-refractivity contribution in [2.24, 2.45) is 0 Å². The Morgan fingerprint density at radius 2 is 1.88 bits per heavy atom. The Kier molecular flexibility index (Phi) is 9.03. The van der Waals surface area contributed by atoms with Crippen LogP contribution in [0.25, 0.3) is 0 Å². The van der Waals surface area contributed by atoms with Gasteiger partial charge in [0.2, 0.25) is 10.0 Å². The van der Waals surface area contributed by atoms with Crippen LogP contribution in [-0.2, 0) is 21.2 Å². The molecule has 1 fully saturated rings. The summed E-state index contributed by atoms with van der Waals surface area (Å²) in [6, 6.07) is 8.38. The lowest BCUT2D eigenvalue weighted by atomic mass is 10.0. The molecule has 0 saturated carbocycles. The van der Waals surface area contributed by atoms with Gasteiger partial charge in [0.05, 0.1) is 12.8 Å². The Labute approximate surface area is 162 Å². The van der Waals surface area contributed by atoms with Crippen molar-refractivity contribution in [1.82, 2.24) is 9.21 Å². The minimum atomic E-state index is -3.16. The van der Waals surface area contributed by atoms with Crippen LogP contribution >= 0.6 is 12.4 Å². The second-order valence-electron chi connectivity index (χ2n) is 6.79. The van der Waals surface area contributed by atoms with Crippen LogP contribution in [0.15, 0.2) is 24.3 Å². The number of carboxylic acids is 1. The van der Waals surface area contributed by atoms with E-state index < -0.39 is 16.0 Å². The zero-order valence-electron chi connectivity index (χ0n) is 15.4. The summed E-state index contributed by atoms with van der Waals surface area (Å²) >= 11 is 0. The number of carboxylic acid groups (broad SMARTS) is 1. The average molecular weight is 405 g/mol. The minimum absolute atomic E-state index is 0. The first-order valence-electron chi connectivity index (χ1n) is 8.73. The second kappa shape index (κ2) is 10.3. The number of rotatable bonds is 8. The Balaban J connectivity index is 0.00000338. The van der Waals surface area contributed by atoms with Crippen LogP contribution in [0.2, 0.25) is 0 Å². The summed E-state index contributed by atoms with van der Waals surface area (Å²) in [5, 5.41) is 9.21. The van der Waals surface area contributed by atoms with Crippen LogP contribution in [0.4, 0.5) is 0 Å². The minimum Gasteiger partial charge on any atom is -0.480 e. The summed E-state index contributed by atoms with van der Waals surface area (Å²) < 4.78 is 24.7. The van der Waals surface area contributed by atoms with Gasteiger partial charge in [0.25, 0.3) is 0 Å². The zero-order valence-corrected chi connectivity index (χ0v) is 17.1. The van der Waals surface area contributed by atoms with Crippen molar-refractivity contribution < 1.29 is 18.3 Å². The van der Waals surface area contributed by atoms with E-state index in [1.807, 2.05) is 17.0 Å². The molecule has 0 unspecified atom stereocenters. The number of hydrogen-bond donors (Lipinski definition) is 1. The van der Waals surface area contributed by atoms with E-state index in [4.69, 9.17) is 0 Å². The third-order valence-electron chi connectivity index (χ3n) is 4.90. The monoisotopic (exact) mass is 404 g/mol. The van der Waals surface area contributed by atoms with Gasteiger partial charge in [0.15, 0.2) is 0 Å². The van der Waals surface area contributed by atoms with Gasteiger partial charge in [0, 0.05) is 19.1 Å². The molecule has 26 heavy (non-hydrogen) atoms. The van der Waals surface area contributed by atoms with Crippen LogP contribution in [0.5, 0.6) is 0 Å². The highest BCUT2D eigenvalue weighted by Crippen LogP contribution is 2.19. The van der Waals surface area contributed by atoms with E-state index in [1.54, 1.807) is 0 Å². The fraction of sp³-hybridized carbons (Fsp3) is 0.611. The van der Waals surface area contributed by atoms with E-state index in [9.17, 15) is 18.3 Å². The Morgan fingerprint density at radius 1 is 1.27 bits per heavy atom. The number of hydrogen-bond acceptors (Lipinski definition) is 4. The highest BCUT2D eigenvalue weighted by Gasteiger charge is 2.29. The molecule has 0 aliphatic carbocycles. The van der Waals surface area contributed by atoms with Crippen molar-refractivity contribution in [3.05, 3.63) is 35.4 Å². The molecule has 1 aromatic carbocycles. The molecule has 0 aromatic heterocycles. The molecule has 8 heteroatoms. The number of sulfonamides is 1. The average Bonchev–Trinajstić information content (AvgIpc) is 2.54. The normalized spacial score (nSPS) is 16.4. The third kappa shape index (κ3) is 6.87. The highest BCUT2D eigenvalue weighted by atomic mass is 35.5. The fourth-order valence-corrected chi connectivity index (χ4v) is 4.34. The maximum Gasteiger partial charge on any atom is 0.317 e. The molecule has 1 heterocycles. The number of aryl methyl sites for hydroxylation is 2. The standard InChI is InChI=1S/C18H28N2O4S.ClH/c1-15-6-3-4-7-16(15)8-5-11-19(14-18(21)22)17-9-12-20(13-10-17)25(2,23)24;/h3-4,6-7,17H,5,8-14H2,1-2H3,(H,21,22);1H. The number of aliphatic carboxylic acids is 1. The first-order chi connectivity index (χ1) is 11.8. The molecule has 2 rings (SSSR count). The maximum atomic E-state index is 11.6. The molecule has 0 atom stereocenters. The summed E-state index contributed by atoms with van der Waals surface area (Å²) in [4.78, 5) is 13.2. The summed E-state index contributed by atoms with van der Waals surface area (Å²) in [6.45, 7) is 3.75. The van der Waals surface area contributed by atoms with E-state index in [2.05, 4.69) is 19.1 Å². The van der Waals surface area contributed by atoms with Crippen molar-refractivity contribution in [3.63, 3.8) is 0 Å². The molecule has 0 amide bonds. The Bertz CT molecular complexity index is 688. The maximum absolute atomic E-state index is 11.6. The summed E-state index contributed by atoms with van der Waals surface area (Å²) in [5.41, 5.74) is 2.55. The SMILES string of the molecule is Cc1ccccc1CCCN(CC(=O)O)C1CCN(S(C)(=O)=O)CC1.Cl. The van der Waals surface area contributed by atoms with Gasteiger partial charge in [-0.15, -0.1) is 12.4 Å². The molecule has 0 bridgehead atoms. The summed E-state index contributed by atoms with van der Waals surface area (Å²) in [7, 11) is -3.16. The largest absolute Gasteiger partial charge is 0.480 e. The van der Waals surface area contributed by atoms with E-state index in [1.165, 1.54) is 21.7 Å². The van der Waals surface area contributed by atoms with Crippen molar-refractivity contribution in [2.45, 2.75) is 38.6 Å². The number of benzene rings is 1. The summed E-state index contributed by atoms with van der Waals surface area (Å²) in [6.07, 6.45) is 4.41. The molecule has 1 saturated heterocycles. The fourth-order valence-electron chi connectivity index (χ4n) is 3.47. The van der Waals surface area contributed by atoms with Gasteiger partial charge in [-0.3, -0.25) is 9.69 Å². The van der Waals surface area contributed by atoms with Crippen LogP contribution < -0.4 is 0 Å². The lowest BCUT2D eigenvalue weighted by Crippen LogP contribution is -2.48. The second-order valence-corrected chi connectivity index (χ2v) is 8.77. The number of halogens is 1. The molecule has 1 aliphatic heterocycles. The molecule has 1 N–H and O–H groups in total. The van der Waals surface area contributed by atoms with Gasteiger partial charge >= 0.3 is 5.97 Å². The van der Waals surface area contributed by atoms with Crippen LogP contribution in [0.1, 0.15) is 30.4 Å². The Morgan fingerprint density at radius 3 is 2.42 bits per heavy atom. The first kappa shape index (κ1) is 22.9. The van der Waals surface area contributed by atoms with Gasteiger partial charge in [0.1, 0.15) is 0 Å². The number of carbonyl (C=O) groups is 1. The summed E-state index contributed by atoms with van der Waals surface area (Å²) in [5.74, 6) is -0.832. The van der Waals surface area contributed by atoms with Gasteiger partial charge in [-0.1, -0.05) is 24.3 Å². The van der Waals surface area contributed by atoms with Crippen molar-refractivity contribution in [2.75, 3.05) is 32.4 Å². The lowest BCUT2D eigenvalue weighted by molar-refractivity contribution is -0.139. The quantitative estimate of drug-likeness (QED) is 0.718. The predicted molar refractivity (Wildman–Crippen MR) is 105 cm³/mol. The predicted octanol–water partition coefficient (Wildman–Crippen LogP) is 2.16. The molecule has 6 nitrogen and oxygen atoms in total. The van der Waals surface area contributed by atoms with E-state index in [0.717, 1.165) is 12.8 Å². The first-order valence-corrected chi connectivity index (χ1v) is 10.6. The van der Waals surface area contributed by atoms with Crippen LogP contribution in [0.3, 0.4) is 0 Å². The Hall–Kier alpha value is -1.15. The molecule has 0 radical (unpaired) electrons. The highest BCUT2D eigenvalue weighted by molar-refractivity contribution is 7.88. The number of piperidine rings is 1. The van der Waals surface area contributed by atoms with Crippen molar-refractivity contribution in [3.8, 4) is 0 Å². The van der Waals surface area contributed by atoms with Crippen molar-refractivity contribution in [1.29, 1.82) is 0 Å². The number of nitrogens with zero attached hydrogens (tertiary/aromatic N) is 2. The van der Waals surface area contributed by atoms with Crippen molar-refractivity contribution >= 4 is 28.4 Å². The molecule has 148 valence electrons. The zero-order chi connectivity index (χ0) is 18.4. The van der Waals surface area contributed by atoms with Gasteiger partial charge in [-0.2, -0.15) is 0 Å². The van der Waals surface area contributed by atoms with Gasteiger partial charge in [-0.05, 0) is 50.3 Å². The van der Waals surface area contributed by atoms with Crippen LogP contribution in [0, 0.1) is 6.92 Å². The van der Waals surface area contributed by atoms with Gasteiger partial charge < -0.3 is 5.11 Å². The third-order valence-corrected chi connectivity index (χ3v) is 6.20. The molecular weight excluding hydrogens is 376 g/mol. The van der Waals surface area contributed by atoms with E-state index in [0.29, 0.717) is 32.5 Å². The molecular formula is C18H29ClN2O4S.